The molecule has 0 fully saturated rings. The summed E-state index contributed by atoms with van der Waals surface area (Å²) < 4.78 is 21.2. The fourth-order valence-electron chi connectivity index (χ4n) is 1.76. The third-order valence-electron chi connectivity index (χ3n) is 2.79. The first kappa shape index (κ1) is 15.8. The van der Waals surface area contributed by atoms with Crippen LogP contribution in [0.3, 0.4) is 0 Å². The normalized spacial score (nSPS) is 10.8. The molecule has 1 aromatic heterocycles. The second-order valence-electron chi connectivity index (χ2n) is 4.14. The van der Waals surface area contributed by atoms with Gasteiger partial charge in [-0.05, 0) is 6.07 Å². The van der Waals surface area contributed by atoms with Crippen LogP contribution in [0, 0.1) is 0 Å². The minimum Gasteiger partial charge on any atom is -0.493 e. The second-order valence-corrected chi connectivity index (χ2v) is 4.50. The van der Waals surface area contributed by atoms with Crippen molar-refractivity contribution in [3.05, 3.63) is 23.6 Å². The summed E-state index contributed by atoms with van der Waals surface area (Å²) in [6.45, 7) is 1.98. The van der Waals surface area contributed by atoms with E-state index in [9.17, 15) is 0 Å². The largest absolute Gasteiger partial charge is 0.493 e. The Bertz CT molecular complexity index is 594. The number of aromatic nitrogens is 2. The maximum Gasteiger partial charge on any atom is 0.163 e. The van der Waals surface area contributed by atoms with Crippen LogP contribution < -0.4 is 9.47 Å². The molecule has 114 valence electrons. The minimum atomic E-state index is 0.382. The fraction of sp³-hybridized carbons (Fsp3) is 0.429. The van der Waals surface area contributed by atoms with E-state index in [-0.39, 0.29) is 0 Å². The van der Waals surface area contributed by atoms with Crippen LogP contribution in [0.2, 0.25) is 5.15 Å². The summed E-state index contributed by atoms with van der Waals surface area (Å²) in [6, 6.07) is 3.54. The molecule has 0 saturated carbocycles. The average Bonchev–Trinajstić information content (AvgIpc) is 2.50. The lowest BCUT2D eigenvalue weighted by Crippen LogP contribution is -2.10. The molecule has 0 aliphatic carbocycles. The monoisotopic (exact) mass is 312 g/mol. The molecule has 0 radical (unpaired) electrons. The van der Waals surface area contributed by atoms with Crippen molar-refractivity contribution in [1.82, 2.24) is 9.97 Å². The number of hydrogen-bond acceptors (Lipinski definition) is 6. The van der Waals surface area contributed by atoms with Crippen molar-refractivity contribution in [1.29, 1.82) is 0 Å². The molecule has 0 amide bonds. The van der Waals surface area contributed by atoms with Gasteiger partial charge < -0.3 is 18.9 Å². The summed E-state index contributed by atoms with van der Waals surface area (Å²) in [6.07, 6.45) is 1.41. The zero-order valence-electron chi connectivity index (χ0n) is 12.0. The number of nitrogens with zero attached hydrogens (tertiary/aromatic N) is 2. The van der Waals surface area contributed by atoms with Gasteiger partial charge in [-0.2, -0.15) is 0 Å². The first-order valence-electron chi connectivity index (χ1n) is 6.44. The molecule has 0 spiro atoms. The molecule has 1 aromatic carbocycles. The molecule has 6 nitrogen and oxygen atoms in total. The highest BCUT2D eigenvalue weighted by Gasteiger charge is 2.10. The summed E-state index contributed by atoms with van der Waals surface area (Å²) in [5.74, 6) is 1.17. The number of hydrogen-bond donors (Lipinski definition) is 0. The zero-order valence-corrected chi connectivity index (χ0v) is 12.7. The molecular formula is C14H17ClN2O4. The molecule has 0 N–H and O–H groups in total. The van der Waals surface area contributed by atoms with Gasteiger partial charge in [0, 0.05) is 18.6 Å². The van der Waals surface area contributed by atoms with Crippen LogP contribution in [0.1, 0.15) is 0 Å². The zero-order chi connectivity index (χ0) is 15.1. The molecule has 2 rings (SSSR count). The molecule has 0 bridgehead atoms. The van der Waals surface area contributed by atoms with Crippen molar-refractivity contribution in [3.8, 4) is 11.5 Å². The van der Waals surface area contributed by atoms with E-state index in [4.69, 9.17) is 30.5 Å². The third kappa shape index (κ3) is 4.17. The van der Waals surface area contributed by atoms with Crippen molar-refractivity contribution in [2.75, 3.05) is 40.6 Å². The van der Waals surface area contributed by atoms with Gasteiger partial charge in [0.2, 0.25) is 0 Å². The van der Waals surface area contributed by atoms with Gasteiger partial charge in [0.15, 0.2) is 11.5 Å². The quantitative estimate of drug-likeness (QED) is 0.551. The Balaban J connectivity index is 2.05. The van der Waals surface area contributed by atoms with Gasteiger partial charge in [-0.25, -0.2) is 9.97 Å². The van der Waals surface area contributed by atoms with Gasteiger partial charge in [0.05, 0.1) is 32.4 Å². The van der Waals surface area contributed by atoms with Gasteiger partial charge in [-0.15, -0.1) is 0 Å². The molecule has 21 heavy (non-hydrogen) atoms. The Morgan fingerprint density at radius 3 is 2.57 bits per heavy atom. The maximum absolute atomic E-state index is 6.03. The topological polar surface area (TPSA) is 62.7 Å². The molecule has 0 unspecified atom stereocenters. The Labute approximate surface area is 127 Å². The van der Waals surface area contributed by atoms with Gasteiger partial charge >= 0.3 is 0 Å². The number of fused-ring (bicyclic) bond motifs is 1. The van der Waals surface area contributed by atoms with E-state index in [0.717, 1.165) is 5.39 Å². The standard InChI is InChI=1S/C14H17ClN2O4/c1-18-3-4-20-5-6-21-13-8-11-10(7-12(13)19-2)14(15)17-9-16-11/h7-9H,3-6H2,1-2H3. The van der Waals surface area contributed by atoms with E-state index >= 15 is 0 Å². The average molecular weight is 313 g/mol. The van der Waals surface area contributed by atoms with Crippen molar-refractivity contribution >= 4 is 22.5 Å². The lowest BCUT2D eigenvalue weighted by Gasteiger charge is -2.12. The van der Waals surface area contributed by atoms with Gasteiger partial charge in [-0.1, -0.05) is 11.6 Å². The third-order valence-corrected chi connectivity index (χ3v) is 3.09. The van der Waals surface area contributed by atoms with E-state index in [0.29, 0.717) is 48.6 Å². The molecule has 1 heterocycles. The smallest absolute Gasteiger partial charge is 0.163 e. The maximum atomic E-state index is 6.03. The SMILES string of the molecule is COCCOCCOc1cc2ncnc(Cl)c2cc1OC. The van der Waals surface area contributed by atoms with E-state index < -0.39 is 0 Å². The van der Waals surface area contributed by atoms with Crippen LogP contribution in [-0.2, 0) is 9.47 Å². The lowest BCUT2D eigenvalue weighted by molar-refractivity contribution is 0.0540. The van der Waals surface area contributed by atoms with E-state index in [1.165, 1.54) is 6.33 Å². The molecule has 0 atom stereocenters. The van der Waals surface area contributed by atoms with Gasteiger partial charge in [-0.3, -0.25) is 0 Å². The predicted molar refractivity (Wildman–Crippen MR) is 79.3 cm³/mol. The van der Waals surface area contributed by atoms with Crippen LogP contribution in [0.15, 0.2) is 18.5 Å². The fourth-order valence-corrected chi connectivity index (χ4v) is 1.95. The molecular weight excluding hydrogens is 296 g/mol. The first-order valence-corrected chi connectivity index (χ1v) is 6.81. The first-order chi connectivity index (χ1) is 10.3. The Hall–Kier alpha value is -1.63. The van der Waals surface area contributed by atoms with E-state index in [1.807, 2.05) is 0 Å². The van der Waals surface area contributed by atoms with E-state index in [1.54, 1.807) is 26.4 Å². The summed E-state index contributed by atoms with van der Waals surface area (Å²) in [4.78, 5) is 8.11. The predicted octanol–water partition coefficient (Wildman–Crippen LogP) is 2.33. The van der Waals surface area contributed by atoms with Crippen molar-refractivity contribution in [3.63, 3.8) is 0 Å². The number of methoxy groups -OCH3 is 2. The molecule has 0 aliphatic heterocycles. The summed E-state index contributed by atoms with van der Waals surface area (Å²) in [7, 11) is 3.20. The van der Waals surface area contributed by atoms with Crippen molar-refractivity contribution in [2.45, 2.75) is 0 Å². The van der Waals surface area contributed by atoms with Crippen LogP contribution in [-0.4, -0.2) is 50.6 Å². The molecule has 7 heteroatoms. The van der Waals surface area contributed by atoms with Crippen LogP contribution in [0.4, 0.5) is 0 Å². The number of ether oxygens (including phenoxy) is 4. The van der Waals surface area contributed by atoms with Crippen molar-refractivity contribution in [2.24, 2.45) is 0 Å². The molecule has 0 saturated heterocycles. The highest BCUT2D eigenvalue weighted by molar-refractivity contribution is 6.34. The lowest BCUT2D eigenvalue weighted by atomic mass is 10.2. The highest BCUT2D eigenvalue weighted by Crippen LogP contribution is 2.33. The number of halogens is 1. The van der Waals surface area contributed by atoms with Crippen LogP contribution >= 0.6 is 11.6 Å². The van der Waals surface area contributed by atoms with Gasteiger partial charge in [0.1, 0.15) is 18.1 Å². The second kappa shape index (κ2) is 7.97. The number of benzene rings is 1. The van der Waals surface area contributed by atoms with E-state index in [2.05, 4.69) is 9.97 Å². The highest BCUT2D eigenvalue weighted by atomic mass is 35.5. The van der Waals surface area contributed by atoms with Crippen LogP contribution in [0.25, 0.3) is 10.9 Å². The van der Waals surface area contributed by atoms with Crippen molar-refractivity contribution < 1.29 is 18.9 Å². The minimum absolute atomic E-state index is 0.382. The summed E-state index contributed by atoms with van der Waals surface area (Å²) >= 11 is 6.03. The summed E-state index contributed by atoms with van der Waals surface area (Å²) in [5.41, 5.74) is 0.700. The Kier molecular flexibility index (Phi) is 5.98. The molecule has 0 aliphatic rings. The van der Waals surface area contributed by atoms with Gasteiger partial charge in [0.25, 0.3) is 0 Å². The van der Waals surface area contributed by atoms with Crippen LogP contribution in [0.5, 0.6) is 11.5 Å². The number of rotatable bonds is 8. The Morgan fingerprint density at radius 2 is 1.81 bits per heavy atom. The Morgan fingerprint density at radius 1 is 1.00 bits per heavy atom. The molecule has 2 aromatic rings. The summed E-state index contributed by atoms with van der Waals surface area (Å²) in [5, 5.41) is 1.10.